The van der Waals surface area contributed by atoms with Crippen LogP contribution in [0.4, 0.5) is 23.4 Å². The smallest absolute Gasteiger partial charge is 0.354 e. The van der Waals surface area contributed by atoms with Gasteiger partial charge in [0.25, 0.3) is 5.91 Å². The Kier molecular flexibility index (Phi) is 6.14. The number of amides is 1. The number of nitrogens with zero attached hydrogens (tertiary/aromatic N) is 3. The molecule has 154 valence electrons. The molecule has 1 aromatic carbocycles. The number of halogens is 4. The lowest BCUT2D eigenvalue weighted by Crippen LogP contribution is -2.32. The molecule has 3 rings (SSSR count). The maximum atomic E-state index is 13.5. The third-order valence-electron chi connectivity index (χ3n) is 4.63. The van der Waals surface area contributed by atoms with Gasteiger partial charge in [-0.3, -0.25) is 4.79 Å². The van der Waals surface area contributed by atoms with Crippen LogP contribution in [-0.2, 0) is 6.18 Å². The van der Waals surface area contributed by atoms with Gasteiger partial charge in [-0.15, -0.1) is 10.2 Å². The van der Waals surface area contributed by atoms with Crippen LogP contribution in [0.5, 0.6) is 0 Å². The predicted molar refractivity (Wildman–Crippen MR) is 101 cm³/mol. The van der Waals surface area contributed by atoms with Gasteiger partial charge in [0.1, 0.15) is 5.82 Å². The summed E-state index contributed by atoms with van der Waals surface area (Å²) in [4.78, 5) is 13.7. The summed E-state index contributed by atoms with van der Waals surface area (Å²) in [5, 5.41) is 10.6. The molecule has 1 N–H and O–H groups in total. The van der Waals surface area contributed by atoms with Gasteiger partial charge in [0.05, 0.1) is 5.56 Å². The lowest BCUT2D eigenvalue weighted by molar-refractivity contribution is -0.137. The van der Waals surface area contributed by atoms with Crippen molar-refractivity contribution in [2.24, 2.45) is 0 Å². The minimum Gasteiger partial charge on any atom is -0.354 e. The van der Waals surface area contributed by atoms with Crippen LogP contribution in [0.2, 0.25) is 0 Å². The van der Waals surface area contributed by atoms with E-state index < -0.39 is 17.6 Å². The summed E-state index contributed by atoms with van der Waals surface area (Å²) in [5.74, 6) is -0.408. The quantitative estimate of drug-likeness (QED) is 0.775. The van der Waals surface area contributed by atoms with Crippen molar-refractivity contribution in [3.8, 4) is 0 Å². The number of nitrogens with one attached hydrogen (secondary N) is 1. The average molecular weight is 408 g/mol. The summed E-state index contributed by atoms with van der Waals surface area (Å²) in [6, 6.07) is 5.77. The van der Waals surface area contributed by atoms with Crippen molar-refractivity contribution >= 4 is 17.8 Å². The maximum absolute atomic E-state index is 13.5. The molecule has 1 aliphatic heterocycles. The van der Waals surface area contributed by atoms with Crippen molar-refractivity contribution in [2.45, 2.75) is 25.9 Å². The van der Waals surface area contributed by atoms with Crippen molar-refractivity contribution in [2.75, 3.05) is 24.5 Å². The summed E-state index contributed by atoms with van der Waals surface area (Å²) in [7, 11) is 0. The van der Waals surface area contributed by atoms with Crippen molar-refractivity contribution in [3.63, 3.8) is 0 Å². The molecule has 0 saturated carbocycles. The molecule has 0 aliphatic carbocycles. The predicted octanol–water partition coefficient (Wildman–Crippen LogP) is 4.07. The molecule has 0 radical (unpaired) electrons. The van der Waals surface area contributed by atoms with Gasteiger partial charge < -0.3 is 10.2 Å². The number of rotatable bonds is 4. The molecule has 29 heavy (non-hydrogen) atoms. The minimum atomic E-state index is -4.54. The molecule has 0 spiro atoms. The zero-order chi connectivity index (χ0) is 21.0. The van der Waals surface area contributed by atoms with Gasteiger partial charge in [0.15, 0.2) is 11.5 Å². The highest BCUT2D eigenvalue weighted by molar-refractivity contribution is 5.92. The first-order valence-electron chi connectivity index (χ1n) is 9.21. The minimum absolute atomic E-state index is 0.160. The molecule has 1 aliphatic rings. The first-order chi connectivity index (χ1) is 13.8. The lowest BCUT2D eigenvalue weighted by atomic mass is 9.98. The fraction of sp³-hybridized carbons (Fsp3) is 0.350. The molecule has 1 fully saturated rings. The first-order valence-corrected chi connectivity index (χ1v) is 9.21. The van der Waals surface area contributed by atoms with E-state index in [1.807, 2.05) is 4.90 Å². The summed E-state index contributed by atoms with van der Waals surface area (Å²) < 4.78 is 52.9. The van der Waals surface area contributed by atoms with Crippen molar-refractivity contribution < 1.29 is 22.4 Å². The number of aromatic nitrogens is 2. The maximum Gasteiger partial charge on any atom is 0.416 e. The molecule has 1 aromatic heterocycles. The standard InChI is InChI=1S/C20H20F4N4O/c1-2-25-19(29)17-5-6-18(27-26-17)28-9-7-13(8-10-28)11-14-12-15(21)3-4-16(14)20(22,23)24/h3-6,11-12H,2,7-10H2,1H3,(H,25,29). The van der Waals surface area contributed by atoms with Gasteiger partial charge in [0.2, 0.25) is 0 Å². The number of piperidine rings is 1. The number of alkyl halides is 3. The zero-order valence-electron chi connectivity index (χ0n) is 15.8. The third kappa shape index (κ3) is 5.10. The largest absolute Gasteiger partial charge is 0.416 e. The average Bonchev–Trinajstić information content (AvgIpc) is 2.68. The molecular formula is C20H20F4N4O. The van der Waals surface area contributed by atoms with E-state index in [9.17, 15) is 22.4 Å². The van der Waals surface area contributed by atoms with E-state index in [1.54, 1.807) is 19.1 Å². The van der Waals surface area contributed by atoms with Gasteiger partial charge in [-0.05, 0) is 55.7 Å². The SMILES string of the molecule is CCNC(=O)c1ccc(N2CCC(=Cc3cc(F)ccc3C(F)(F)F)CC2)nn1. The molecule has 9 heteroatoms. The number of carbonyl (C=O) groups excluding carboxylic acids is 1. The summed E-state index contributed by atoms with van der Waals surface area (Å²) in [5.41, 5.74) is 0.0240. The van der Waals surface area contributed by atoms with E-state index in [4.69, 9.17) is 0 Å². The van der Waals surface area contributed by atoms with E-state index in [1.165, 1.54) is 6.08 Å². The van der Waals surface area contributed by atoms with E-state index in [0.29, 0.717) is 38.3 Å². The van der Waals surface area contributed by atoms with E-state index >= 15 is 0 Å². The Morgan fingerprint density at radius 3 is 2.48 bits per heavy atom. The van der Waals surface area contributed by atoms with Gasteiger partial charge in [-0.25, -0.2) is 4.39 Å². The van der Waals surface area contributed by atoms with Crippen LogP contribution in [0.15, 0.2) is 35.9 Å². The van der Waals surface area contributed by atoms with Crippen LogP contribution in [0.3, 0.4) is 0 Å². The number of carbonyl (C=O) groups is 1. The second-order valence-corrected chi connectivity index (χ2v) is 6.66. The van der Waals surface area contributed by atoms with Crippen molar-refractivity contribution in [1.82, 2.24) is 15.5 Å². The normalized spacial score (nSPS) is 14.7. The lowest BCUT2D eigenvalue weighted by Gasteiger charge is -2.29. The summed E-state index contributed by atoms with van der Waals surface area (Å²) >= 11 is 0. The van der Waals surface area contributed by atoms with E-state index in [0.717, 1.165) is 23.8 Å². The fourth-order valence-electron chi connectivity index (χ4n) is 3.16. The highest BCUT2D eigenvalue weighted by atomic mass is 19.4. The topological polar surface area (TPSA) is 58.1 Å². The van der Waals surface area contributed by atoms with E-state index in [2.05, 4.69) is 15.5 Å². The second-order valence-electron chi connectivity index (χ2n) is 6.66. The summed E-state index contributed by atoms with van der Waals surface area (Å²) in [6.07, 6.45) is -2.07. The van der Waals surface area contributed by atoms with E-state index in [-0.39, 0.29) is 17.2 Å². The van der Waals surface area contributed by atoms with Gasteiger partial charge in [-0.1, -0.05) is 11.6 Å². The van der Waals surface area contributed by atoms with Crippen LogP contribution in [0, 0.1) is 5.82 Å². The zero-order valence-corrected chi connectivity index (χ0v) is 15.8. The molecule has 0 atom stereocenters. The van der Waals surface area contributed by atoms with Gasteiger partial charge >= 0.3 is 6.18 Å². The van der Waals surface area contributed by atoms with Crippen LogP contribution in [-0.4, -0.2) is 35.7 Å². The highest BCUT2D eigenvalue weighted by Crippen LogP contribution is 2.34. The van der Waals surface area contributed by atoms with Gasteiger partial charge in [0, 0.05) is 19.6 Å². The monoisotopic (exact) mass is 408 g/mol. The van der Waals surface area contributed by atoms with Gasteiger partial charge in [-0.2, -0.15) is 13.2 Å². The fourth-order valence-corrected chi connectivity index (χ4v) is 3.16. The van der Waals surface area contributed by atoms with Crippen molar-refractivity contribution in [3.05, 3.63) is 58.5 Å². The Labute approximate surface area is 165 Å². The Hall–Kier alpha value is -2.97. The Bertz CT molecular complexity index is 900. The second kappa shape index (κ2) is 8.59. The van der Waals surface area contributed by atoms with Crippen LogP contribution >= 0.6 is 0 Å². The highest BCUT2D eigenvalue weighted by Gasteiger charge is 2.33. The van der Waals surface area contributed by atoms with Crippen molar-refractivity contribution in [1.29, 1.82) is 0 Å². The molecule has 1 amide bonds. The number of hydrogen-bond donors (Lipinski definition) is 1. The molecule has 5 nitrogen and oxygen atoms in total. The first kappa shape index (κ1) is 20.8. The van der Waals surface area contributed by atoms with Crippen LogP contribution in [0.25, 0.3) is 6.08 Å². The summed E-state index contributed by atoms with van der Waals surface area (Å²) in [6.45, 7) is 3.38. The molecule has 2 heterocycles. The molecule has 2 aromatic rings. The number of hydrogen-bond acceptors (Lipinski definition) is 4. The molecule has 0 unspecified atom stereocenters. The Balaban J connectivity index is 1.70. The number of benzene rings is 1. The third-order valence-corrected chi connectivity index (χ3v) is 4.63. The Morgan fingerprint density at radius 1 is 1.17 bits per heavy atom. The molecule has 1 saturated heterocycles. The number of anilines is 1. The van der Waals surface area contributed by atoms with Crippen LogP contribution < -0.4 is 10.2 Å². The Morgan fingerprint density at radius 2 is 1.90 bits per heavy atom. The molecular weight excluding hydrogens is 388 g/mol. The van der Waals surface area contributed by atoms with Crippen LogP contribution in [0.1, 0.15) is 41.4 Å². The molecule has 0 bridgehead atoms.